The molecule has 0 amide bonds. The van der Waals surface area contributed by atoms with E-state index in [0.717, 1.165) is 18.5 Å². The van der Waals surface area contributed by atoms with Crippen molar-refractivity contribution < 1.29 is 14.3 Å². The van der Waals surface area contributed by atoms with Crippen molar-refractivity contribution in [2.24, 2.45) is 0 Å². The van der Waals surface area contributed by atoms with E-state index in [1.54, 1.807) is 25.6 Å². The topological polar surface area (TPSA) is 53.4 Å². The van der Waals surface area contributed by atoms with Gasteiger partial charge in [-0.25, -0.2) is 9.78 Å². The molecule has 2 rings (SSSR count). The predicted molar refractivity (Wildman–Crippen MR) is 70.3 cm³/mol. The first kappa shape index (κ1) is 13.1. The third kappa shape index (κ3) is 3.34. The van der Waals surface area contributed by atoms with Gasteiger partial charge < -0.3 is 14.0 Å². The average Bonchev–Trinajstić information content (AvgIpc) is 2.93. The van der Waals surface area contributed by atoms with Crippen LogP contribution < -0.4 is 4.74 Å². The second kappa shape index (κ2) is 6.04. The quantitative estimate of drug-likeness (QED) is 0.771. The van der Waals surface area contributed by atoms with Crippen LogP contribution in [0.15, 0.2) is 36.8 Å². The van der Waals surface area contributed by atoms with Gasteiger partial charge in [-0.1, -0.05) is 12.1 Å². The third-order valence-electron chi connectivity index (χ3n) is 2.85. The van der Waals surface area contributed by atoms with Crippen LogP contribution >= 0.6 is 0 Å². The highest BCUT2D eigenvalue weighted by Crippen LogP contribution is 2.09. The molecule has 0 unspecified atom stereocenters. The molecule has 0 N–H and O–H groups in total. The van der Waals surface area contributed by atoms with E-state index in [4.69, 9.17) is 4.74 Å². The van der Waals surface area contributed by atoms with Crippen molar-refractivity contribution >= 4 is 5.97 Å². The molecule has 1 aromatic carbocycles. The average molecular weight is 260 g/mol. The number of hydrogen-bond donors (Lipinski definition) is 0. The largest absolute Gasteiger partial charge is 0.480 e. The van der Waals surface area contributed by atoms with Gasteiger partial charge >= 0.3 is 5.97 Å². The van der Waals surface area contributed by atoms with E-state index in [9.17, 15) is 4.79 Å². The summed E-state index contributed by atoms with van der Waals surface area (Å²) in [5, 5.41) is 0. The lowest BCUT2D eigenvalue weighted by Crippen LogP contribution is -2.02. The highest BCUT2D eigenvalue weighted by Gasteiger charge is 2.04. The van der Waals surface area contributed by atoms with Crippen LogP contribution in [-0.4, -0.2) is 29.7 Å². The molecule has 0 radical (unpaired) electrons. The lowest BCUT2D eigenvalue weighted by molar-refractivity contribution is 0.0600. The van der Waals surface area contributed by atoms with Crippen LogP contribution in [0.3, 0.4) is 0 Å². The maximum atomic E-state index is 11.3. The van der Waals surface area contributed by atoms with Gasteiger partial charge in [-0.2, -0.15) is 0 Å². The monoisotopic (exact) mass is 260 g/mol. The standard InChI is InChI=1S/C14H16N2O3/c1-18-13-9-16(10-15-13)8-7-11-3-5-12(6-4-11)14(17)19-2/h3-6,9-10H,7-8H2,1-2H3. The lowest BCUT2D eigenvalue weighted by Gasteiger charge is -2.04. The molecule has 2 aromatic rings. The molecule has 0 aliphatic heterocycles. The van der Waals surface area contributed by atoms with E-state index >= 15 is 0 Å². The fraction of sp³-hybridized carbons (Fsp3) is 0.286. The number of ether oxygens (including phenoxy) is 2. The van der Waals surface area contributed by atoms with Crippen LogP contribution in [0, 0.1) is 0 Å². The number of nitrogens with zero attached hydrogens (tertiary/aromatic N) is 2. The van der Waals surface area contributed by atoms with Gasteiger partial charge in [0.2, 0.25) is 5.88 Å². The number of aromatic nitrogens is 2. The number of hydrogen-bond acceptors (Lipinski definition) is 4. The van der Waals surface area contributed by atoms with E-state index in [0.29, 0.717) is 11.4 Å². The molecular weight excluding hydrogens is 244 g/mol. The Bertz CT molecular complexity index is 546. The third-order valence-corrected chi connectivity index (χ3v) is 2.85. The molecule has 0 saturated carbocycles. The van der Waals surface area contributed by atoms with Crippen LogP contribution in [-0.2, 0) is 17.7 Å². The van der Waals surface area contributed by atoms with Crippen LogP contribution in [0.5, 0.6) is 5.88 Å². The normalized spacial score (nSPS) is 10.2. The molecule has 0 spiro atoms. The summed E-state index contributed by atoms with van der Waals surface area (Å²) in [5.41, 5.74) is 1.72. The van der Waals surface area contributed by atoms with Crippen molar-refractivity contribution in [3.8, 4) is 5.88 Å². The molecule has 1 heterocycles. The Labute approximate surface area is 111 Å². The van der Waals surface area contributed by atoms with E-state index in [2.05, 4.69) is 9.72 Å². The molecule has 0 bridgehead atoms. The Morgan fingerprint density at radius 3 is 2.58 bits per heavy atom. The lowest BCUT2D eigenvalue weighted by atomic mass is 10.1. The van der Waals surface area contributed by atoms with Gasteiger partial charge in [0.15, 0.2) is 0 Å². The maximum absolute atomic E-state index is 11.3. The molecule has 19 heavy (non-hydrogen) atoms. The minimum atomic E-state index is -0.314. The van der Waals surface area contributed by atoms with Gasteiger partial charge in [0.1, 0.15) is 0 Å². The summed E-state index contributed by atoms with van der Waals surface area (Å²) < 4.78 is 11.6. The van der Waals surface area contributed by atoms with E-state index in [1.807, 2.05) is 22.9 Å². The van der Waals surface area contributed by atoms with Crippen LogP contribution in [0.25, 0.3) is 0 Å². The fourth-order valence-corrected chi connectivity index (χ4v) is 1.75. The summed E-state index contributed by atoms with van der Waals surface area (Å²) in [7, 11) is 2.97. The first-order valence-corrected chi connectivity index (χ1v) is 5.96. The minimum Gasteiger partial charge on any atom is -0.480 e. The van der Waals surface area contributed by atoms with E-state index in [-0.39, 0.29) is 5.97 Å². The molecule has 5 nitrogen and oxygen atoms in total. The number of carbonyl (C=O) groups excluding carboxylic acids is 1. The number of methoxy groups -OCH3 is 2. The van der Waals surface area contributed by atoms with Crippen molar-refractivity contribution in [3.05, 3.63) is 47.9 Å². The summed E-state index contributed by atoms with van der Waals surface area (Å²) in [5.74, 6) is 0.298. The van der Waals surface area contributed by atoms with E-state index < -0.39 is 0 Å². The molecule has 0 aliphatic carbocycles. The second-order valence-electron chi connectivity index (χ2n) is 4.09. The molecule has 100 valence electrons. The highest BCUT2D eigenvalue weighted by molar-refractivity contribution is 5.89. The van der Waals surface area contributed by atoms with Crippen molar-refractivity contribution in [3.63, 3.8) is 0 Å². The molecule has 1 aromatic heterocycles. The van der Waals surface area contributed by atoms with Crippen LogP contribution in [0.1, 0.15) is 15.9 Å². The van der Waals surface area contributed by atoms with Gasteiger partial charge in [0, 0.05) is 6.54 Å². The zero-order chi connectivity index (χ0) is 13.7. The van der Waals surface area contributed by atoms with Gasteiger partial charge in [0.25, 0.3) is 0 Å². The van der Waals surface area contributed by atoms with Gasteiger partial charge in [0.05, 0.1) is 32.3 Å². The maximum Gasteiger partial charge on any atom is 0.337 e. The number of imidazole rings is 1. The number of benzene rings is 1. The zero-order valence-electron chi connectivity index (χ0n) is 11.0. The SMILES string of the molecule is COC(=O)c1ccc(CCn2cnc(OC)c2)cc1. The fourth-order valence-electron chi connectivity index (χ4n) is 1.75. The Balaban J connectivity index is 1.94. The highest BCUT2D eigenvalue weighted by atomic mass is 16.5. The molecule has 0 aliphatic rings. The zero-order valence-corrected chi connectivity index (χ0v) is 11.0. The van der Waals surface area contributed by atoms with Crippen molar-refractivity contribution in [2.75, 3.05) is 14.2 Å². The summed E-state index contributed by atoms with van der Waals surface area (Å²) >= 11 is 0. The second-order valence-corrected chi connectivity index (χ2v) is 4.09. The Morgan fingerprint density at radius 1 is 1.26 bits per heavy atom. The molecular formula is C14H16N2O3. The number of rotatable bonds is 5. The minimum absolute atomic E-state index is 0.314. The van der Waals surface area contributed by atoms with Crippen LogP contribution in [0.4, 0.5) is 0 Å². The molecule has 0 fully saturated rings. The van der Waals surface area contributed by atoms with Crippen LogP contribution in [0.2, 0.25) is 0 Å². The van der Waals surface area contributed by atoms with Gasteiger partial charge in [-0.3, -0.25) is 0 Å². The number of aryl methyl sites for hydroxylation is 2. The predicted octanol–water partition coefficient (Wildman–Crippen LogP) is 1.92. The number of esters is 1. The Morgan fingerprint density at radius 2 is 2.00 bits per heavy atom. The first-order valence-electron chi connectivity index (χ1n) is 5.96. The summed E-state index contributed by atoms with van der Waals surface area (Å²) in [6, 6.07) is 7.41. The first-order chi connectivity index (χ1) is 9.22. The molecule has 0 saturated heterocycles. The van der Waals surface area contributed by atoms with Crippen molar-refractivity contribution in [2.45, 2.75) is 13.0 Å². The summed E-state index contributed by atoms with van der Waals surface area (Å²) in [6.45, 7) is 0.813. The summed E-state index contributed by atoms with van der Waals surface area (Å²) in [6.07, 6.45) is 4.45. The Hall–Kier alpha value is -2.30. The van der Waals surface area contributed by atoms with Gasteiger partial charge in [-0.05, 0) is 24.1 Å². The van der Waals surface area contributed by atoms with E-state index in [1.165, 1.54) is 7.11 Å². The Kier molecular flexibility index (Phi) is 4.18. The van der Waals surface area contributed by atoms with Gasteiger partial charge in [-0.15, -0.1) is 0 Å². The molecule has 0 atom stereocenters. The molecule has 5 heteroatoms. The summed E-state index contributed by atoms with van der Waals surface area (Å²) in [4.78, 5) is 15.4. The number of carbonyl (C=O) groups is 1. The van der Waals surface area contributed by atoms with Crippen molar-refractivity contribution in [1.82, 2.24) is 9.55 Å². The smallest absolute Gasteiger partial charge is 0.337 e. The van der Waals surface area contributed by atoms with Crippen molar-refractivity contribution in [1.29, 1.82) is 0 Å².